The third kappa shape index (κ3) is 1.85. The fraction of sp³-hybridized carbons (Fsp3) is 0.385. The largest absolute Gasteiger partial charge is 0.364 e. The first kappa shape index (κ1) is 10.9. The van der Waals surface area contributed by atoms with Crippen LogP contribution in [0.1, 0.15) is 26.0 Å². The number of carbonyl (C=O) groups is 1. The molecule has 0 amide bonds. The average Bonchev–Trinajstić information content (AvgIpc) is 2.67. The molecule has 1 aliphatic carbocycles. The van der Waals surface area contributed by atoms with Crippen molar-refractivity contribution in [2.75, 3.05) is 0 Å². The van der Waals surface area contributed by atoms with Gasteiger partial charge in [0.25, 0.3) is 0 Å². The van der Waals surface area contributed by atoms with Crippen molar-refractivity contribution in [1.82, 2.24) is 5.16 Å². The van der Waals surface area contributed by atoms with E-state index in [-0.39, 0.29) is 11.3 Å². The SMILES string of the molecule is C=C1CC(C)(C)C=C(c2ccon2)C1C=O. The maximum atomic E-state index is 11.1. The molecule has 3 heteroatoms. The Bertz CT molecular complexity index is 441. The molecule has 1 unspecified atom stereocenters. The van der Waals surface area contributed by atoms with Crippen molar-refractivity contribution < 1.29 is 9.32 Å². The lowest BCUT2D eigenvalue weighted by atomic mass is 9.72. The van der Waals surface area contributed by atoms with Crippen LogP contribution in [0.3, 0.4) is 0 Å². The van der Waals surface area contributed by atoms with Gasteiger partial charge in [0.05, 0.1) is 5.92 Å². The fourth-order valence-electron chi connectivity index (χ4n) is 2.24. The van der Waals surface area contributed by atoms with E-state index in [1.165, 1.54) is 6.26 Å². The Balaban J connectivity index is 2.49. The molecule has 84 valence electrons. The molecule has 3 nitrogen and oxygen atoms in total. The summed E-state index contributed by atoms with van der Waals surface area (Å²) in [6, 6.07) is 1.77. The molecular formula is C13H15NO2. The number of carbonyl (C=O) groups excluding carboxylic acids is 1. The average molecular weight is 217 g/mol. The molecule has 0 spiro atoms. The highest BCUT2D eigenvalue weighted by Gasteiger charge is 2.31. The zero-order valence-electron chi connectivity index (χ0n) is 9.56. The Morgan fingerprint density at radius 2 is 2.38 bits per heavy atom. The molecule has 1 aromatic rings. The minimum atomic E-state index is -0.252. The van der Waals surface area contributed by atoms with Crippen LogP contribution in [0.15, 0.2) is 35.1 Å². The van der Waals surface area contributed by atoms with Crippen molar-refractivity contribution in [3.05, 3.63) is 36.3 Å². The van der Waals surface area contributed by atoms with E-state index < -0.39 is 0 Å². The van der Waals surface area contributed by atoms with Crippen LogP contribution >= 0.6 is 0 Å². The summed E-state index contributed by atoms with van der Waals surface area (Å²) in [5.74, 6) is -0.252. The Morgan fingerprint density at radius 3 is 2.94 bits per heavy atom. The molecule has 0 N–H and O–H groups in total. The van der Waals surface area contributed by atoms with E-state index in [9.17, 15) is 4.79 Å². The van der Waals surface area contributed by atoms with Crippen molar-refractivity contribution in [3.8, 4) is 0 Å². The standard InChI is InChI=1S/C13H15NO2/c1-9-6-13(2,3)7-10(11(9)8-15)12-4-5-16-14-12/h4-5,7-8,11H,1,6H2,2-3H3. The lowest BCUT2D eigenvalue weighted by molar-refractivity contribution is -0.109. The van der Waals surface area contributed by atoms with E-state index in [1.54, 1.807) is 6.07 Å². The highest BCUT2D eigenvalue weighted by atomic mass is 16.5. The Labute approximate surface area is 94.8 Å². The summed E-state index contributed by atoms with van der Waals surface area (Å²) >= 11 is 0. The van der Waals surface area contributed by atoms with E-state index in [0.717, 1.165) is 29.5 Å². The zero-order valence-corrected chi connectivity index (χ0v) is 9.56. The molecule has 2 rings (SSSR count). The van der Waals surface area contributed by atoms with Gasteiger partial charge in [-0.3, -0.25) is 0 Å². The maximum Gasteiger partial charge on any atom is 0.131 e. The van der Waals surface area contributed by atoms with Crippen molar-refractivity contribution in [2.24, 2.45) is 11.3 Å². The van der Waals surface area contributed by atoms with Gasteiger partial charge < -0.3 is 9.32 Å². The highest BCUT2D eigenvalue weighted by molar-refractivity contribution is 5.84. The van der Waals surface area contributed by atoms with Crippen molar-refractivity contribution >= 4 is 11.9 Å². The number of rotatable bonds is 2. The van der Waals surface area contributed by atoms with Crippen LogP contribution < -0.4 is 0 Å². The van der Waals surface area contributed by atoms with Gasteiger partial charge in [0.15, 0.2) is 0 Å². The second-order valence-corrected chi connectivity index (χ2v) is 4.92. The first-order chi connectivity index (χ1) is 7.53. The first-order valence-electron chi connectivity index (χ1n) is 5.30. The molecule has 16 heavy (non-hydrogen) atoms. The summed E-state index contributed by atoms with van der Waals surface area (Å²) in [5.41, 5.74) is 2.60. The summed E-state index contributed by atoms with van der Waals surface area (Å²) in [5, 5.41) is 3.89. The topological polar surface area (TPSA) is 43.1 Å². The highest BCUT2D eigenvalue weighted by Crippen LogP contribution is 2.42. The zero-order chi connectivity index (χ0) is 11.8. The van der Waals surface area contributed by atoms with Crippen LogP contribution in [0, 0.1) is 11.3 Å². The van der Waals surface area contributed by atoms with E-state index in [2.05, 4.69) is 31.7 Å². The molecule has 0 saturated heterocycles. The van der Waals surface area contributed by atoms with E-state index in [0.29, 0.717) is 0 Å². The monoisotopic (exact) mass is 217 g/mol. The van der Waals surface area contributed by atoms with E-state index >= 15 is 0 Å². The third-order valence-electron chi connectivity index (χ3n) is 2.87. The molecular weight excluding hydrogens is 202 g/mol. The van der Waals surface area contributed by atoms with Gasteiger partial charge in [-0.05, 0) is 17.4 Å². The second kappa shape index (κ2) is 3.74. The molecule has 0 saturated carbocycles. The molecule has 0 aliphatic heterocycles. The fourth-order valence-corrected chi connectivity index (χ4v) is 2.24. The van der Waals surface area contributed by atoms with Gasteiger partial charge in [0.1, 0.15) is 18.2 Å². The molecule has 0 bridgehead atoms. The van der Waals surface area contributed by atoms with Crippen LogP contribution in [0.5, 0.6) is 0 Å². The first-order valence-corrected chi connectivity index (χ1v) is 5.30. The van der Waals surface area contributed by atoms with Gasteiger partial charge in [-0.15, -0.1) is 0 Å². The summed E-state index contributed by atoms with van der Waals surface area (Å²) in [6.07, 6.45) is 5.37. The van der Waals surface area contributed by atoms with Crippen molar-refractivity contribution in [1.29, 1.82) is 0 Å². The van der Waals surface area contributed by atoms with Crippen LogP contribution in [0.4, 0.5) is 0 Å². The lowest BCUT2D eigenvalue weighted by Crippen LogP contribution is -2.22. The minimum absolute atomic E-state index is 0.0187. The lowest BCUT2D eigenvalue weighted by Gasteiger charge is -2.32. The van der Waals surface area contributed by atoms with Gasteiger partial charge in [0, 0.05) is 6.07 Å². The Hall–Kier alpha value is -1.64. The summed E-state index contributed by atoms with van der Waals surface area (Å²) < 4.78 is 4.83. The Kier molecular flexibility index (Phi) is 2.54. The number of allylic oxidation sites excluding steroid dienone is 3. The predicted molar refractivity (Wildman–Crippen MR) is 61.6 cm³/mol. The number of nitrogens with zero attached hydrogens (tertiary/aromatic N) is 1. The Morgan fingerprint density at radius 1 is 1.62 bits per heavy atom. The van der Waals surface area contributed by atoms with Crippen LogP contribution in [-0.4, -0.2) is 11.4 Å². The summed E-state index contributed by atoms with van der Waals surface area (Å²) in [6.45, 7) is 8.24. The third-order valence-corrected chi connectivity index (χ3v) is 2.87. The normalized spacial score (nSPS) is 24.0. The van der Waals surface area contributed by atoms with Gasteiger partial charge in [0.2, 0.25) is 0 Å². The van der Waals surface area contributed by atoms with Crippen molar-refractivity contribution in [3.63, 3.8) is 0 Å². The molecule has 0 fully saturated rings. The van der Waals surface area contributed by atoms with Crippen LogP contribution in [-0.2, 0) is 4.79 Å². The van der Waals surface area contributed by atoms with Crippen LogP contribution in [0.2, 0.25) is 0 Å². The van der Waals surface area contributed by atoms with E-state index in [1.807, 2.05) is 0 Å². The number of aromatic nitrogens is 1. The number of hydrogen-bond acceptors (Lipinski definition) is 3. The molecule has 0 radical (unpaired) electrons. The molecule has 1 aromatic heterocycles. The minimum Gasteiger partial charge on any atom is -0.364 e. The van der Waals surface area contributed by atoms with Gasteiger partial charge >= 0.3 is 0 Å². The second-order valence-electron chi connectivity index (χ2n) is 4.92. The molecule has 1 heterocycles. The van der Waals surface area contributed by atoms with Gasteiger partial charge in [-0.1, -0.05) is 37.2 Å². The van der Waals surface area contributed by atoms with Crippen molar-refractivity contribution in [2.45, 2.75) is 20.3 Å². The smallest absolute Gasteiger partial charge is 0.131 e. The van der Waals surface area contributed by atoms with Gasteiger partial charge in [-0.25, -0.2) is 0 Å². The summed E-state index contributed by atoms with van der Waals surface area (Å²) in [7, 11) is 0. The maximum absolute atomic E-state index is 11.1. The van der Waals surface area contributed by atoms with Gasteiger partial charge in [-0.2, -0.15) is 0 Å². The molecule has 1 aliphatic rings. The predicted octanol–water partition coefficient (Wildman–Crippen LogP) is 2.86. The van der Waals surface area contributed by atoms with E-state index in [4.69, 9.17) is 4.52 Å². The number of hydrogen-bond donors (Lipinski definition) is 0. The molecule has 0 aromatic carbocycles. The van der Waals surface area contributed by atoms with Crippen LogP contribution in [0.25, 0.3) is 5.57 Å². The quantitative estimate of drug-likeness (QED) is 0.565. The summed E-state index contributed by atoms with van der Waals surface area (Å²) in [4.78, 5) is 11.1. The molecule has 1 atom stereocenters. The number of aldehydes is 1.